The van der Waals surface area contributed by atoms with Gasteiger partial charge in [-0.2, -0.15) is 0 Å². The molecule has 0 bridgehead atoms. The molecule has 1 aromatic carbocycles. The van der Waals surface area contributed by atoms with E-state index in [1.807, 2.05) is 0 Å². The minimum Gasteiger partial charge on any atom is -0.324 e. The Morgan fingerprint density at radius 2 is 1.71 bits per heavy atom. The molecular weight excluding hydrogens is 170 g/mol. The first-order valence-electron chi connectivity index (χ1n) is 5.48. The summed E-state index contributed by atoms with van der Waals surface area (Å²) in [5, 5.41) is 0. The van der Waals surface area contributed by atoms with Gasteiger partial charge < -0.3 is 5.73 Å². The Labute approximate surface area is 87.3 Å². The number of rotatable bonds is 4. The summed E-state index contributed by atoms with van der Waals surface area (Å²) >= 11 is 0. The summed E-state index contributed by atoms with van der Waals surface area (Å²) in [7, 11) is 0. The maximum atomic E-state index is 6.09. The van der Waals surface area contributed by atoms with Crippen molar-refractivity contribution in [3.05, 3.63) is 35.4 Å². The van der Waals surface area contributed by atoms with E-state index in [-0.39, 0.29) is 6.04 Å². The van der Waals surface area contributed by atoms with Crippen molar-refractivity contribution in [2.24, 2.45) is 11.7 Å². The Morgan fingerprint density at radius 1 is 1.14 bits per heavy atom. The third-order valence-corrected chi connectivity index (χ3v) is 2.54. The molecule has 1 aromatic rings. The highest BCUT2D eigenvalue weighted by Gasteiger charge is 2.07. The van der Waals surface area contributed by atoms with E-state index in [1.165, 1.54) is 11.1 Å². The summed E-state index contributed by atoms with van der Waals surface area (Å²) in [4.78, 5) is 0. The zero-order valence-electron chi connectivity index (χ0n) is 9.46. The van der Waals surface area contributed by atoms with E-state index in [1.54, 1.807) is 0 Å². The topological polar surface area (TPSA) is 26.0 Å². The summed E-state index contributed by atoms with van der Waals surface area (Å²) in [6.45, 7) is 6.59. The third-order valence-electron chi connectivity index (χ3n) is 2.54. The number of nitrogens with two attached hydrogens (primary N) is 1. The summed E-state index contributed by atoms with van der Waals surface area (Å²) in [6.07, 6.45) is 2.16. The molecule has 0 radical (unpaired) electrons. The summed E-state index contributed by atoms with van der Waals surface area (Å²) in [6, 6.07) is 8.86. The number of aryl methyl sites for hydroxylation is 1. The lowest BCUT2D eigenvalue weighted by Crippen LogP contribution is -2.12. The van der Waals surface area contributed by atoms with Crippen LogP contribution in [0.15, 0.2) is 24.3 Å². The highest BCUT2D eigenvalue weighted by Crippen LogP contribution is 2.19. The molecule has 0 aromatic heterocycles. The normalized spacial score (nSPS) is 13.2. The van der Waals surface area contributed by atoms with Crippen LogP contribution in [0.1, 0.15) is 44.4 Å². The average molecular weight is 191 g/mol. The molecule has 0 amide bonds. The first-order chi connectivity index (χ1) is 6.63. The Kier molecular flexibility index (Phi) is 4.15. The lowest BCUT2D eigenvalue weighted by molar-refractivity contribution is 0.510. The zero-order chi connectivity index (χ0) is 10.6. The van der Waals surface area contributed by atoms with Crippen LogP contribution in [0.2, 0.25) is 0 Å². The van der Waals surface area contributed by atoms with Gasteiger partial charge in [0.15, 0.2) is 0 Å². The van der Waals surface area contributed by atoms with E-state index in [0.717, 1.165) is 12.8 Å². The first-order valence-corrected chi connectivity index (χ1v) is 5.48. The van der Waals surface area contributed by atoms with Crippen LogP contribution in [0.4, 0.5) is 0 Å². The Balaban J connectivity index is 2.66. The van der Waals surface area contributed by atoms with Crippen LogP contribution in [0.3, 0.4) is 0 Å². The molecule has 1 nitrogen and oxygen atoms in total. The van der Waals surface area contributed by atoms with Gasteiger partial charge in [-0.1, -0.05) is 45.0 Å². The molecule has 14 heavy (non-hydrogen) atoms. The van der Waals surface area contributed by atoms with Gasteiger partial charge in [-0.25, -0.2) is 0 Å². The lowest BCUT2D eigenvalue weighted by atomic mass is 9.97. The third kappa shape index (κ3) is 3.15. The van der Waals surface area contributed by atoms with Gasteiger partial charge in [0, 0.05) is 6.04 Å². The molecule has 0 aliphatic rings. The molecule has 0 saturated carbocycles. The van der Waals surface area contributed by atoms with Gasteiger partial charge >= 0.3 is 0 Å². The molecule has 0 unspecified atom stereocenters. The van der Waals surface area contributed by atoms with Crippen LogP contribution in [0.25, 0.3) is 0 Å². The van der Waals surface area contributed by atoms with Gasteiger partial charge in [-0.15, -0.1) is 0 Å². The molecule has 0 spiro atoms. The smallest absolute Gasteiger partial charge is 0.0297 e. The fraction of sp³-hybridized carbons (Fsp3) is 0.538. The van der Waals surface area contributed by atoms with Crippen molar-refractivity contribution in [3.8, 4) is 0 Å². The maximum absolute atomic E-state index is 6.09. The molecule has 0 saturated heterocycles. The molecule has 0 aliphatic heterocycles. The van der Waals surface area contributed by atoms with Crippen molar-refractivity contribution in [3.63, 3.8) is 0 Å². The van der Waals surface area contributed by atoms with Crippen LogP contribution in [-0.2, 0) is 6.42 Å². The van der Waals surface area contributed by atoms with E-state index in [0.29, 0.717) is 5.92 Å². The van der Waals surface area contributed by atoms with Gasteiger partial charge in [0.05, 0.1) is 0 Å². The molecular formula is C13H21N. The monoisotopic (exact) mass is 191 g/mol. The molecule has 0 fully saturated rings. The SMILES string of the molecule is CCc1ccc([C@H](N)CC(C)C)cc1. The number of benzene rings is 1. The fourth-order valence-electron chi connectivity index (χ4n) is 1.64. The number of hydrogen-bond donors (Lipinski definition) is 1. The predicted octanol–water partition coefficient (Wildman–Crippen LogP) is 3.29. The molecule has 0 aliphatic carbocycles. The van der Waals surface area contributed by atoms with E-state index in [4.69, 9.17) is 5.73 Å². The number of hydrogen-bond acceptors (Lipinski definition) is 1. The van der Waals surface area contributed by atoms with Crippen molar-refractivity contribution in [2.75, 3.05) is 0 Å². The Hall–Kier alpha value is -0.820. The molecule has 0 heterocycles. The Morgan fingerprint density at radius 3 is 2.14 bits per heavy atom. The van der Waals surface area contributed by atoms with Crippen molar-refractivity contribution in [1.29, 1.82) is 0 Å². The van der Waals surface area contributed by atoms with Crippen molar-refractivity contribution in [2.45, 2.75) is 39.7 Å². The minimum atomic E-state index is 0.195. The minimum absolute atomic E-state index is 0.195. The van der Waals surface area contributed by atoms with Crippen LogP contribution < -0.4 is 5.73 Å². The van der Waals surface area contributed by atoms with E-state index in [9.17, 15) is 0 Å². The van der Waals surface area contributed by atoms with E-state index >= 15 is 0 Å². The van der Waals surface area contributed by atoms with Gasteiger partial charge in [-0.05, 0) is 29.9 Å². The van der Waals surface area contributed by atoms with Crippen LogP contribution in [0, 0.1) is 5.92 Å². The molecule has 78 valence electrons. The molecule has 2 N–H and O–H groups in total. The van der Waals surface area contributed by atoms with Crippen LogP contribution in [-0.4, -0.2) is 0 Å². The predicted molar refractivity (Wildman–Crippen MR) is 62.2 cm³/mol. The zero-order valence-corrected chi connectivity index (χ0v) is 9.46. The largest absolute Gasteiger partial charge is 0.324 e. The van der Waals surface area contributed by atoms with Crippen LogP contribution >= 0.6 is 0 Å². The quantitative estimate of drug-likeness (QED) is 0.776. The first kappa shape index (κ1) is 11.3. The van der Waals surface area contributed by atoms with Crippen molar-refractivity contribution >= 4 is 0 Å². The van der Waals surface area contributed by atoms with Gasteiger partial charge in [0.2, 0.25) is 0 Å². The average Bonchev–Trinajstić information content (AvgIpc) is 2.17. The van der Waals surface area contributed by atoms with E-state index < -0.39 is 0 Å². The molecule has 1 rings (SSSR count). The van der Waals surface area contributed by atoms with Crippen molar-refractivity contribution in [1.82, 2.24) is 0 Å². The summed E-state index contributed by atoms with van der Waals surface area (Å²) < 4.78 is 0. The fourth-order valence-corrected chi connectivity index (χ4v) is 1.64. The second-order valence-electron chi connectivity index (χ2n) is 4.33. The Bertz CT molecular complexity index is 261. The second-order valence-corrected chi connectivity index (χ2v) is 4.33. The molecule has 1 atom stereocenters. The summed E-state index contributed by atoms with van der Waals surface area (Å²) in [5.41, 5.74) is 8.73. The van der Waals surface area contributed by atoms with Gasteiger partial charge in [0.25, 0.3) is 0 Å². The standard InChI is InChI=1S/C13H21N/c1-4-11-5-7-12(8-6-11)13(14)9-10(2)3/h5-8,10,13H,4,9,14H2,1-3H3/t13-/m1/s1. The highest BCUT2D eigenvalue weighted by atomic mass is 14.6. The van der Waals surface area contributed by atoms with Gasteiger partial charge in [0.1, 0.15) is 0 Å². The maximum Gasteiger partial charge on any atom is 0.0297 e. The van der Waals surface area contributed by atoms with Crippen LogP contribution in [0.5, 0.6) is 0 Å². The van der Waals surface area contributed by atoms with Gasteiger partial charge in [-0.3, -0.25) is 0 Å². The summed E-state index contributed by atoms with van der Waals surface area (Å²) in [5.74, 6) is 0.663. The second kappa shape index (κ2) is 5.16. The highest BCUT2D eigenvalue weighted by molar-refractivity contribution is 5.24. The molecule has 1 heteroatoms. The van der Waals surface area contributed by atoms with E-state index in [2.05, 4.69) is 45.0 Å². The lowest BCUT2D eigenvalue weighted by Gasteiger charge is -2.14. The van der Waals surface area contributed by atoms with Crippen molar-refractivity contribution < 1.29 is 0 Å².